The number of unbranched alkanes of at least 4 members (excludes halogenated alkanes) is 7. The van der Waals surface area contributed by atoms with E-state index in [1.807, 2.05) is 42.8 Å². The second-order valence-corrected chi connectivity index (χ2v) is 13.3. The number of benzene rings is 2. The minimum atomic E-state index is -3.45. The third-order valence-electron chi connectivity index (χ3n) is 6.66. The van der Waals surface area contributed by atoms with Crippen LogP contribution < -0.4 is 10.0 Å². The number of rotatable bonds is 15. The van der Waals surface area contributed by atoms with Gasteiger partial charge in [0.15, 0.2) is 0 Å². The maximum absolute atomic E-state index is 12.2. The molecular weight excluding hydrogens is 555 g/mol. The van der Waals surface area contributed by atoms with Gasteiger partial charge in [-0.25, -0.2) is 13.2 Å². The average Bonchev–Trinajstić information content (AvgIpc) is 3.41. The Kier molecular flexibility index (Phi) is 14.6. The summed E-state index contributed by atoms with van der Waals surface area (Å²) in [4.78, 5) is 11.9. The zero-order chi connectivity index (χ0) is 30.3. The van der Waals surface area contributed by atoms with Crippen molar-refractivity contribution in [2.75, 3.05) is 18.3 Å². The molecule has 0 fully saturated rings. The predicted molar refractivity (Wildman–Crippen MR) is 171 cm³/mol. The molecule has 0 bridgehead atoms. The van der Waals surface area contributed by atoms with Gasteiger partial charge in [0.2, 0.25) is 10.0 Å². The number of sulfonamides is 1. The van der Waals surface area contributed by atoms with Crippen LogP contribution in [0.5, 0.6) is 0 Å². The number of aromatic carboxylic acids is 1. The minimum absolute atomic E-state index is 0.0579. The van der Waals surface area contributed by atoms with Crippen LogP contribution in [0.2, 0.25) is 0 Å². The molecule has 0 saturated carbocycles. The van der Waals surface area contributed by atoms with Gasteiger partial charge in [-0.15, -0.1) is 11.3 Å². The quantitative estimate of drug-likeness (QED) is 0.152. The van der Waals surface area contributed by atoms with Crippen LogP contribution in [0.4, 0.5) is 5.69 Å². The largest absolute Gasteiger partial charge is 0.478 e. The van der Waals surface area contributed by atoms with Crippen LogP contribution in [0.15, 0.2) is 53.9 Å². The number of hydrogen-bond donors (Lipinski definition) is 3. The highest BCUT2D eigenvalue weighted by atomic mass is 32.2. The number of carboxylic acid groups (broad SMARTS) is 1. The van der Waals surface area contributed by atoms with Gasteiger partial charge in [0, 0.05) is 0 Å². The number of hydrogen-bond acceptors (Lipinski definition) is 6. The molecule has 3 rings (SSSR count). The highest BCUT2D eigenvalue weighted by Crippen LogP contribution is 2.36. The second kappa shape index (κ2) is 17.6. The summed E-state index contributed by atoms with van der Waals surface area (Å²) in [5.74, 6) is -1.09. The van der Waals surface area contributed by atoms with Crippen molar-refractivity contribution < 1.29 is 18.3 Å². The number of carboxylic acids is 1. The molecule has 0 saturated heterocycles. The number of anilines is 1. The minimum Gasteiger partial charge on any atom is -0.478 e. The number of nitrogens with zero attached hydrogens (tertiary/aromatic N) is 1. The van der Waals surface area contributed by atoms with Crippen molar-refractivity contribution in [2.24, 2.45) is 0 Å². The SMILES string of the molecule is CC(C)S(=O)(=O)Nc1ccsc1-c1ccc(-c2ccc(C(=O)O)cc2C#N)cc1.CCCCCCCCCCNC. The van der Waals surface area contributed by atoms with E-state index >= 15 is 0 Å². The Bertz CT molecular complexity index is 1360. The molecule has 41 heavy (non-hydrogen) atoms. The fraction of sp³-hybridized carbons (Fsp3) is 0.438. The Balaban J connectivity index is 0.000000415. The fourth-order valence-electron chi connectivity index (χ4n) is 4.14. The fourth-order valence-corrected chi connectivity index (χ4v) is 5.78. The van der Waals surface area contributed by atoms with Gasteiger partial charge >= 0.3 is 5.97 Å². The summed E-state index contributed by atoms with van der Waals surface area (Å²) in [5.41, 5.74) is 3.10. The first-order valence-electron chi connectivity index (χ1n) is 14.3. The highest BCUT2D eigenvalue weighted by molar-refractivity contribution is 7.93. The van der Waals surface area contributed by atoms with Gasteiger partial charge in [-0.05, 0) is 74.1 Å². The summed E-state index contributed by atoms with van der Waals surface area (Å²) >= 11 is 1.42. The van der Waals surface area contributed by atoms with E-state index < -0.39 is 21.2 Å². The molecule has 3 N–H and O–H groups in total. The zero-order valence-corrected chi connectivity index (χ0v) is 26.2. The van der Waals surface area contributed by atoms with Gasteiger partial charge in [0.05, 0.1) is 33.0 Å². The molecule has 0 atom stereocenters. The Hall–Kier alpha value is -3.19. The van der Waals surface area contributed by atoms with Crippen molar-refractivity contribution in [1.29, 1.82) is 5.26 Å². The lowest BCUT2D eigenvalue weighted by molar-refractivity contribution is 0.0697. The van der Waals surface area contributed by atoms with Crippen LogP contribution in [0.3, 0.4) is 0 Å². The van der Waals surface area contributed by atoms with Gasteiger partial charge < -0.3 is 10.4 Å². The van der Waals surface area contributed by atoms with Crippen LogP contribution in [-0.4, -0.2) is 38.3 Å². The number of thiophene rings is 1. The molecule has 0 aliphatic rings. The van der Waals surface area contributed by atoms with Gasteiger partial charge in [-0.3, -0.25) is 4.72 Å². The van der Waals surface area contributed by atoms with Crippen LogP contribution >= 0.6 is 11.3 Å². The molecule has 7 nitrogen and oxygen atoms in total. The van der Waals surface area contributed by atoms with E-state index in [1.54, 1.807) is 26.0 Å². The molecule has 0 aliphatic heterocycles. The van der Waals surface area contributed by atoms with Crippen molar-refractivity contribution in [3.8, 4) is 27.6 Å². The molecule has 0 spiro atoms. The van der Waals surface area contributed by atoms with Crippen molar-refractivity contribution in [1.82, 2.24) is 5.32 Å². The first-order valence-corrected chi connectivity index (χ1v) is 16.7. The Morgan fingerprint density at radius 3 is 2.12 bits per heavy atom. The molecule has 0 aliphatic carbocycles. The van der Waals surface area contributed by atoms with Crippen molar-refractivity contribution in [2.45, 2.75) is 77.4 Å². The lowest BCUT2D eigenvalue weighted by Crippen LogP contribution is -2.22. The zero-order valence-electron chi connectivity index (χ0n) is 24.6. The summed E-state index contributed by atoms with van der Waals surface area (Å²) in [6, 6.07) is 15.5. The molecule has 0 amide bonds. The molecular formula is C32H43N3O4S2. The standard InChI is InChI=1S/C21H18N2O4S2.C11H25N/c1-13(2)29(26,27)23-19-9-10-28-20(19)15-5-3-14(4-6-15)18-8-7-16(21(24)25)11-17(18)12-22;1-3-4-5-6-7-8-9-10-11-12-2/h3-11,13,23H,1-2H3,(H,24,25);12H,3-11H2,1-2H3. The number of nitriles is 1. The van der Waals surface area contributed by atoms with Crippen LogP contribution in [-0.2, 0) is 10.0 Å². The second-order valence-electron chi connectivity index (χ2n) is 10.2. The van der Waals surface area contributed by atoms with Crippen molar-refractivity contribution in [3.63, 3.8) is 0 Å². The molecule has 1 heterocycles. The van der Waals surface area contributed by atoms with E-state index in [9.17, 15) is 18.5 Å². The van der Waals surface area contributed by atoms with E-state index in [-0.39, 0.29) is 11.1 Å². The van der Waals surface area contributed by atoms with E-state index in [0.717, 1.165) is 16.0 Å². The first kappa shape index (κ1) is 34.0. The third-order valence-corrected chi connectivity index (χ3v) is 9.37. The average molecular weight is 598 g/mol. The number of nitrogens with one attached hydrogen (secondary N) is 2. The summed E-state index contributed by atoms with van der Waals surface area (Å²) in [7, 11) is -1.42. The van der Waals surface area contributed by atoms with Crippen LogP contribution in [0, 0.1) is 11.3 Å². The lowest BCUT2D eigenvalue weighted by Gasteiger charge is -2.12. The Morgan fingerprint density at radius 1 is 0.951 bits per heavy atom. The van der Waals surface area contributed by atoms with Crippen LogP contribution in [0.1, 0.15) is 88.1 Å². The van der Waals surface area contributed by atoms with Crippen molar-refractivity contribution in [3.05, 3.63) is 65.0 Å². The Labute approximate surface area is 249 Å². The third kappa shape index (κ3) is 11.0. The normalized spacial score (nSPS) is 11.0. The van der Waals surface area contributed by atoms with E-state index in [1.165, 1.54) is 81.4 Å². The summed E-state index contributed by atoms with van der Waals surface area (Å²) in [6.07, 6.45) is 11.3. The first-order chi connectivity index (χ1) is 19.6. The molecule has 1 aromatic heterocycles. The van der Waals surface area contributed by atoms with E-state index in [0.29, 0.717) is 11.3 Å². The smallest absolute Gasteiger partial charge is 0.335 e. The van der Waals surface area contributed by atoms with Gasteiger partial charge in [0.25, 0.3) is 0 Å². The molecule has 0 radical (unpaired) electrons. The summed E-state index contributed by atoms with van der Waals surface area (Å²) in [6.45, 7) is 6.69. The lowest BCUT2D eigenvalue weighted by atomic mass is 9.97. The van der Waals surface area contributed by atoms with Crippen LogP contribution in [0.25, 0.3) is 21.6 Å². The van der Waals surface area contributed by atoms with Gasteiger partial charge in [-0.2, -0.15) is 5.26 Å². The summed E-state index contributed by atoms with van der Waals surface area (Å²) < 4.78 is 27.0. The van der Waals surface area contributed by atoms with Gasteiger partial charge in [-0.1, -0.05) is 82.2 Å². The monoisotopic (exact) mass is 597 g/mol. The number of carbonyl (C=O) groups is 1. The maximum atomic E-state index is 12.2. The molecule has 3 aromatic rings. The topological polar surface area (TPSA) is 119 Å². The summed E-state index contributed by atoms with van der Waals surface area (Å²) in [5, 5.41) is 22.9. The molecule has 222 valence electrons. The molecule has 9 heteroatoms. The maximum Gasteiger partial charge on any atom is 0.335 e. The van der Waals surface area contributed by atoms with E-state index in [4.69, 9.17) is 5.11 Å². The molecule has 2 aromatic carbocycles. The van der Waals surface area contributed by atoms with E-state index in [2.05, 4.69) is 17.0 Å². The van der Waals surface area contributed by atoms with Crippen molar-refractivity contribution >= 4 is 33.0 Å². The highest BCUT2D eigenvalue weighted by Gasteiger charge is 2.19. The molecule has 0 unspecified atom stereocenters. The predicted octanol–water partition coefficient (Wildman–Crippen LogP) is 8.15. The Morgan fingerprint density at radius 2 is 1.56 bits per heavy atom. The van der Waals surface area contributed by atoms with Gasteiger partial charge in [0.1, 0.15) is 0 Å².